The fraction of sp³-hybridized carbons (Fsp3) is 0.414. The van der Waals surface area contributed by atoms with Gasteiger partial charge in [0.05, 0.1) is 6.61 Å². The standard InChI is InChI=1S/C29H33Cl2N3O2/c1-33-18-21(15-25-24-3-2-4-26-29(24)22(17-32-26)16-27(25)33)19-36-28(35)10-7-20-5-8-23(9-6-20)34(13-11-30)14-12-31/h2-6,8-9,15,17,21,27,32H,7,10-14,16,18-19H2,1H3/t21?,27-/m1/s1. The van der Waals surface area contributed by atoms with Crippen LogP contribution in [0.2, 0.25) is 0 Å². The second-order valence-corrected chi connectivity index (χ2v) is 10.6. The molecule has 2 aromatic carbocycles. The van der Waals surface area contributed by atoms with E-state index < -0.39 is 0 Å². The third-order valence-corrected chi connectivity index (χ3v) is 7.77. The van der Waals surface area contributed by atoms with Crippen LogP contribution in [0.25, 0.3) is 16.5 Å². The van der Waals surface area contributed by atoms with Gasteiger partial charge < -0.3 is 14.6 Å². The van der Waals surface area contributed by atoms with Crippen LogP contribution in [0, 0.1) is 5.92 Å². The molecule has 1 aliphatic heterocycles. The minimum atomic E-state index is -0.146. The van der Waals surface area contributed by atoms with Gasteiger partial charge >= 0.3 is 5.97 Å². The van der Waals surface area contributed by atoms with Crippen LogP contribution < -0.4 is 4.90 Å². The van der Waals surface area contributed by atoms with Crippen LogP contribution in [0.15, 0.2) is 54.7 Å². The van der Waals surface area contributed by atoms with Crippen LogP contribution >= 0.6 is 23.2 Å². The number of alkyl halides is 2. The van der Waals surface area contributed by atoms with Crippen LogP contribution in [0.1, 0.15) is 23.1 Å². The number of nitrogens with zero attached hydrogens (tertiary/aromatic N) is 2. The molecule has 2 aliphatic rings. The third-order valence-electron chi connectivity index (χ3n) is 7.43. The molecule has 1 aliphatic carbocycles. The van der Waals surface area contributed by atoms with Crippen LogP contribution in [0.4, 0.5) is 5.69 Å². The summed E-state index contributed by atoms with van der Waals surface area (Å²) in [5.74, 6) is 1.16. The zero-order valence-corrected chi connectivity index (χ0v) is 22.2. The number of hydrogen-bond donors (Lipinski definition) is 1. The van der Waals surface area contributed by atoms with E-state index in [2.05, 4.69) is 76.6 Å². The number of H-pyrrole nitrogens is 1. The molecule has 0 saturated heterocycles. The van der Waals surface area contributed by atoms with E-state index in [0.29, 0.717) is 37.3 Å². The first-order chi connectivity index (χ1) is 17.6. The van der Waals surface area contributed by atoms with Crippen molar-refractivity contribution >= 4 is 51.3 Å². The summed E-state index contributed by atoms with van der Waals surface area (Å²) in [5.41, 5.74) is 7.46. The first-order valence-electron chi connectivity index (χ1n) is 12.7. The number of carbonyl (C=O) groups is 1. The number of hydrogen-bond acceptors (Lipinski definition) is 4. The van der Waals surface area contributed by atoms with Gasteiger partial charge in [0.2, 0.25) is 0 Å². The highest BCUT2D eigenvalue weighted by molar-refractivity contribution is 6.18. The minimum absolute atomic E-state index is 0.146. The van der Waals surface area contributed by atoms with Gasteiger partial charge in [-0.05, 0) is 60.4 Å². The Morgan fingerprint density at radius 3 is 2.67 bits per heavy atom. The van der Waals surface area contributed by atoms with E-state index in [1.165, 1.54) is 27.6 Å². The number of esters is 1. The summed E-state index contributed by atoms with van der Waals surface area (Å²) in [4.78, 5) is 20.5. The molecular formula is C29H33Cl2N3O2. The number of aromatic amines is 1. The Morgan fingerprint density at radius 1 is 1.14 bits per heavy atom. The number of likely N-dealkylation sites (N-methyl/N-ethyl adjacent to an activating group) is 1. The first kappa shape index (κ1) is 25.2. The molecule has 7 heteroatoms. The first-order valence-corrected chi connectivity index (χ1v) is 13.8. The van der Waals surface area contributed by atoms with E-state index in [9.17, 15) is 4.79 Å². The fourth-order valence-electron chi connectivity index (χ4n) is 5.62. The summed E-state index contributed by atoms with van der Waals surface area (Å²) in [6, 6.07) is 15.1. The Bertz CT molecular complexity index is 1230. The van der Waals surface area contributed by atoms with Crippen molar-refractivity contribution in [3.63, 3.8) is 0 Å². The average molecular weight is 527 g/mol. The van der Waals surface area contributed by atoms with Gasteiger partial charge in [0, 0.05) is 72.6 Å². The van der Waals surface area contributed by atoms with Crippen molar-refractivity contribution in [1.82, 2.24) is 9.88 Å². The van der Waals surface area contributed by atoms with Gasteiger partial charge in [-0.3, -0.25) is 9.69 Å². The maximum atomic E-state index is 12.6. The van der Waals surface area contributed by atoms with Crippen molar-refractivity contribution in [2.75, 3.05) is 49.9 Å². The average Bonchev–Trinajstić information content (AvgIpc) is 3.31. The Kier molecular flexibility index (Phi) is 7.90. The van der Waals surface area contributed by atoms with E-state index in [-0.39, 0.29) is 11.9 Å². The van der Waals surface area contributed by atoms with Crippen LogP contribution in [-0.4, -0.2) is 66.9 Å². The Morgan fingerprint density at radius 2 is 1.92 bits per heavy atom. The highest BCUT2D eigenvalue weighted by atomic mass is 35.5. The van der Waals surface area contributed by atoms with Crippen molar-refractivity contribution in [2.24, 2.45) is 5.92 Å². The van der Waals surface area contributed by atoms with Gasteiger partial charge in [0.25, 0.3) is 0 Å². The van der Waals surface area contributed by atoms with Crippen molar-refractivity contribution in [3.05, 3.63) is 71.4 Å². The number of aryl methyl sites for hydroxylation is 1. The molecule has 3 aromatic rings. The molecule has 0 saturated carbocycles. The van der Waals surface area contributed by atoms with Crippen LogP contribution in [0.5, 0.6) is 0 Å². The van der Waals surface area contributed by atoms with Crippen molar-refractivity contribution in [2.45, 2.75) is 25.3 Å². The molecule has 0 radical (unpaired) electrons. The maximum absolute atomic E-state index is 12.6. The lowest BCUT2D eigenvalue weighted by Crippen LogP contribution is -2.43. The number of aromatic nitrogens is 1. The van der Waals surface area contributed by atoms with Crippen molar-refractivity contribution < 1.29 is 9.53 Å². The molecule has 0 bridgehead atoms. The van der Waals surface area contributed by atoms with Gasteiger partial charge in [0.15, 0.2) is 0 Å². The van der Waals surface area contributed by atoms with Crippen molar-refractivity contribution in [3.8, 4) is 0 Å². The highest BCUT2D eigenvalue weighted by Gasteiger charge is 2.33. The number of fused-ring (bicyclic) bond motifs is 2. The van der Waals surface area contributed by atoms with Gasteiger partial charge in [-0.2, -0.15) is 0 Å². The summed E-state index contributed by atoms with van der Waals surface area (Å²) < 4.78 is 5.73. The largest absolute Gasteiger partial charge is 0.465 e. The summed E-state index contributed by atoms with van der Waals surface area (Å²) in [6.07, 6.45) is 6.54. The Balaban J connectivity index is 1.17. The lowest BCUT2D eigenvalue weighted by atomic mass is 9.80. The fourth-order valence-corrected chi connectivity index (χ4v) is 6.03. The molecule has 1 aromatic heterocycles. The predicted molar refractivity (Wildman–Crippen MR) is 149 cm³/mol. The summed E-state index contributed by atoms with van der Waals surface area (Å²) >= 11 is 11.8. The van der Waals surface area contributed by atoms with Crippen LogP contribution in [0.3, 0.4) is 0 Å². The molecule has 36 heavy (non-hydrogen) atoms. The molecule has 0 amide bonds. The number of ether oxygens (including phenoxy) is 1. The van der Waals surface area contributed by atoms with Gasteiger partial charge in [0.1, 0.15) is 0 Å². The lowest BCUT2D eigenvalue weighted by Gasteiger charge is -2.39. The molecule has 1 N–H and O–H groups in total. The number of benzene rings is 2. The summed E-state index contributed by atoms with van der Waals surface area (Å²) in [6.45, 7) is 2.82. The molecular weight excluding hydrogens is 493 g/mol. The topological polar surface area (TPSA) is 48.6 Å². The number of nitrogens with one attached hydrogen (secondary N) is 1. The Hall–Kier alpha value is -2.47. The van der Waals surface area contributed by atoms with E-state index in [0.717, 1.165) is 37.3 Å². The number of carbonyl (C=O) groups excluding carboxylic acids is 1. The van der Waals surface area contributed by atoms with E-state index >= 15 is 0 Å². The predicted octanol–water partition coefficient (Wildman–Crippen LogP) is 5.50. The molecule has 1 unspecified atom stereocenters. The van der Waals surface area contributed by atoms with Gasteiger partial charge in [-0.15, -0.1) is 23.2 Å². The SMILES string of the molecule is CN1CC(COC(=O)CCc2ccc(N(CCCl)CCCl)cc2)C=C2c3cccc4[nH]cc(c34)C[C@H]21. The zero-order valence-electron chi connectivity index (χ0n) is 20.7. The lowest BCUT2D eigenvalue weighted by molar-refractivity contribution is -0.144. The molecule has 0 fully saturated rings. The zero-order chi connectivity index (χ0) is 25.1. The molecule has 2 atom stereocenters. The monoisotopic (exact) mass is 525 g/mol. The number of rotatable bonds is 10. The minimum Gasteiger partial charge on any atom is -0.465 e. The maximum Gasteiger partial charge on any atom is 0.306 e. The molecule has 190 valence electrons. The quantitative estimate of drug-likeness (QED) is 0.280. The second-order valence-electron chi connectivity index (χ2n) is 9.80. The Labute approximate surface area is 223 Å². The van der Waals surface area contributed by atoms with Gasteiger partial charge in [-0.1, -0.05) is 30.3 Å². The molecule has 0 spiro atoms. The molecule has 5 nitrogen and oxygen atoms in total. The summed E-state index contributed by atoms with van der Waals surface area (Å²) in [5, 5.41) is 1.34. The van der Waals surface area contributed by atoms with Gasteiger partial charge in [-0.25, -0.2) is 0 Å². The molecule has 2 heterocycles. The van der Waals surface area contributed by atoms with Crippen molar-refractivity contribution in [1.29, 1.82) is 0 Å². The van der Waals surface area contributed by atoms with Crippen LogP contribution in [-0.2, 0) is 22.4 Å². The molecule has 5 rings (SSSR count). The second kappa shape index (κ2) is 11.3. The highest BCUT2D eigenvalue weighted by Crippen LogP contribution is 2.40. The smallest absolute Gasteiger partial charge is 0.306 e. The van der Waals surface area contributed by atoms with E-state index in [4.69, 9.17) is 27.9 Å². The summed E-state index contributed by atoms with van der Waals surface area (Å²) in [7, 11) is 2.18. The third kappa shape index (κ3) is 5.29. The van der Waals surface area contributed by atoms with E-state index in [1.807, 2.05) is 0 Å². The number of halogens is 2. The van der Waals surface area contributed by atoms with E-state index in [1.54, 1.807) is 0 Å². The number of anilines is 1. The normalized spacial score (nSPS) is 19.1.